The van der Waals surface area contributed by atoms with E-state index in [0.29, 0.717) is 13.1 Å². The topological polar surface area (TPSA) is 55.6 Å². The summed E-state index contributed by atoms with van der Waals surface area (Å²) in [6, 6.07) is -0.388. The summed E-state index contributed by atoms with van der Waals surface area (Å²) in [6.45, 7) is 11.4. The molecule has 0 saturated carbocycles. The summed E-state index contributed by atoms with van der Waals surface area (Å²) in [6.07, 6.45) is 1.00. The molecule has 2 N–H and O–H groups in total. The van der Waals surface area contributed by atoms with E-state index in [0.717, 1.165) is 6.42 Å². The van der Waals surface area contributed by atoms with Gasteiger partial charge in [0.15, 0.2) is 0 Å². The predicted octanol–water partition coefficient (Wildman–Crippen LogP) is 1.39. The van der Waals surface area contributed by atoms with Crippen molar-refractivity contribution in [1.29, 1.82) is 0 Å². The van der Waals surface area contributed by atoms with Gasteiger partial charge in [0.2, 0.25) is 5.91 Å². The normalized spacial score (nSPS) is 27.6. The third-order valence-corrected chi connectivity index (χ3v) is 3.42. The summed E-state index contributed by atoms with van der Waals surface area (Å²) in [5.74, 6) is 0.284. The maximum absolute atomic E-state index is 12.3. The van der Waals surface area contributed by atoms with Gasteiger partial charge in [-0.3, -0.25) is 4.79 Å². The van der Waals surface area contributed by atoms with Crippen LogP contribution in [0.1, 0.15) is 41.0 Å². The Morgan fingerprint density at radius 3 is 2.65 bits per heavy atom. The third kappa shape index (κ3) is 3.68. The van der Waals surface area contributed by atoms with Crippen molar-refractivity contribution in [3.63, 3.8) is 0 Å². The van der Waals surface area contributed by atoms with Crippen LogP contribution in [0.5, 0.6) is 0 Å². The van der Waals surface area contributed by atoms with E-state index in [1.54, 1.807) is 0 Å². The van der Waals surface area contributed by atoms with Crippen molar-refractivity contribution >= 4 is 5.91 Å². The van der Waals surface area contributed by atoms with Crippen molar-refractivity contribution in [2.75, 3.05) is 13.1 Å². The molecule has 4 nitrogen and oxygen atoms in total. The van der Waals surface area contributed by atoms with E-state index < -0.39 is 0 Å². The lowest BCUT2D eigenvalue weighted by molar-refractivity contribution is -0.160. The molecule has 1 unspecified atom stereocenters. The standard InChI is InChI=1S/C13H26N2O2/c1-6-9(2)11(14)12(16)15-7-10(3)17-13(4,5)8-15/h9-11H,6-8,14H2,1-5H3/t9-,10?,11-/m0/s1. The summed E-state index contributed by atoms with van der Waals surface area (Å²) in [5, 5.41) is 0. The molecule has 1 aliphatic heterocycles. The Morgan fingerprint density at radius 2 is 2.18 bits per heavy atom. The predicted molar refractivity (Wildman–Crippen MR) is 68.6 cm³/mol. The van der Waals surface area contributed by atoms with E-state index in [4.69, 9.17) is 10.5 Å². The first-order valence-electron chi connectivity index (χ1n) is 6.49. The number of nitrogens with zero attached hydrogens (tertiary/aromatic N) is 1. The van der Waals surface area contributed by atoms with Gasteiger partial charge in [0.05, 0.1) is 17.7 Å². The van der Waals surface area contributed by atoms with Crippen molar-refractivity contribution in [3.05, 3.63) is 0 Å². The molecule has 100 valence electrons. The molecule has 0 spiro atoms. The Labute approximate surface area is 104 Å². The molecule has 4 heteroatoms. The first-order valence-corrected chi connectivity index (χ1v) is 6.49. The maximum atomic E-state index is 12.3. The minimum absolute atomic E-state index is 0.0579. The third-order valence-electron chi connectivity index (χ3n) is 3.42. The van der Waals surface area contributed by atoms with Gasteiger partial charge in [0, 0.05) is 13.1 Å². The number of rotatable bonds is 3. The van der Waals surface area contributed by atoms with Gasteiger partial charge in [-0.15, -0.1) is 0 Å². The van der Waals surface area contributed by atoms with Gasteiger partial charge >= 0.3 is 0 Å². The average molecular weight is 242 g/mol. The zero-order chi connectivity index (χ0) is 13.2. The Morgan fingerprint density at radius 1 is 1.59 bits per heavy atom. The van der Waals surface area contributed by atoms with Crippen LogP contribution < -0.4 is 5.73 Å². The fourth-order valence-corrected chi connectivity index (χ4v) is 2.33. The number of carbonyl (C=O) groups excluding carboxylic acids is 1. The van der Waals surface area contributed by atoms with Crippen LogP contribution in [-0.4, -0.2) is 41.6 Å². The number of hydrogen-bond acceptors (Lipinski definition) is 3. The smallest absolute Gasteiger partial charge is 0.239 e. The molecule has 1 aliphatic rings. The minimum atomic E-state index is -0.388. The highest BCUT2D eigenvalue weighted by molar-refractivity contribution is 5.82. The van der Waals surface area contributed by atoms with E-state index in [1.165, 1.54) is 0 Å². The van der Waals surface area contributed by atoms with Gasteiger partial charge < -0.3 is 15.4 Å². The largest absolute Gasteiger partial charge is 0.369 e. The van der Waals surface area contributed by atoms with Gasteiger partial charge in [-0.25, -0.2) is 0 Å². The SMILES string of the molecule is CC[C@H](C)[C@H](N)C(=O)N1CC(C)OC(C)(C)C1. The Hall–Kier alpha value is -0.610. The van der Waals surface area contributed by atoms with Crippen LogP contribution in [0, 0.1) is 5.92 Å². The molecule has 1 rings (SSSR count). The van der Waals surface area contributed by atoms with Crippen LogP contribution in [0.25, 0.3) is 0 Å². The fraction of sp³-hybridized carbons (Fsp3) is 0.923. The average Bonchev–Trinajstić information content (AvgIpc) is 2.23. The van der Waals surface area contributed by atoms with Crippen LogP contribution in [0.3, 0.4) is 0 Å². The van der Waals surface area contributed by atoms with E-state index in [9.17, 15) is 4.79 Å². The number of ether oxygens (including phenoxy) is 1. The number of hydrogen-bond donors (Lipinski definition) is 1. The summed E-state index contributed by atoms with van der Waals surface area (Å²) < 4.78 is 5.79. The molecule has 0 bridgehead atoms. The van der Waals surface area contributed by atoms with Gasteiger partial charge in [-0.05, 0) is 26.7 Å². The van der Waals surface area contributed by atoms with Crippen molar-refractivity contribution in [2.45, 2.75) is 58.8 Å². The molecule has 1 saturated heterocycles. The molecule has 0 aromatic carbocycles. The van der Waals surface area contributed by atoms with Crippen LogP contribution in [0.2, 0.25) is 0 Å². The second-order valence-corrected chi connectivity index (χ2v) is 5.82. The molecular formula is C13H26N2O2. The van der Waals surface area contributed by atoms with Gasteiger partial charge in [0.1, 0.15) is 0 Å². The van der Waals surface area contributed by atoms with E-state index in [-0.39, 0.29) is 29.6 Å². The molecule has 1 heterocycles. The van der Waals surface area contributed by atoms with Gasteiger partial charge in [0.25, 0.3) is 0 Å². The van der Waals surface area contributed by atoms with Crippen LogP contribution >= 0.6 is 0 Å². The van der Waals surface area contributed by atoms with Crippen LogP contribution in [0.15, 0.2) is 0 Å². The zero-order valence-corrected chi connectivity index (χ0v) is 11.7. The molecule has 0 aromatic heterocycles. The lowest BCUT2D eigenvalue weighted by atomic mass is 9.97. The van der Waals surface area contributed by atoms with Crippen LogP contribution in [0.4, 0.5) is 0 Å². The highest BCUT2D eigenvalue weighted by Gasteiger charge is 2.36. The number of carbonyl (C=O) groups is 1. The highest BCUT2D eigenvalue weighted by atomic mass is 16.5. The van der Waals surface area contributed by atoms with Gasteiger partial charge in [-0.1, -0.05) is 20.3 Å². The second-order valence-electron chi connectivity index (χ2n) is 5.82. The van der Waals surface area contributed by atoms with E-state index >= 15 is 0 Å². The molecule has 0 aromatic rings. The highest BCUT2D eigenvalue weighted by Crippen LogP contribution is 2.22. The molecule has 0 aliphatic carbocycles. The minimum Gasteiger partial charge on any atom is -0.369 e. The summed E-state index contributed by atoms with van der Waals surface area (Å²) >= 11 is 0. The Bertz CT molecular complexity index is 279. The van der Waals surface area contributed by atoms with Crippen molar-refractivity contribution in [1.82, 2.24) is 4.90 Å². The van der Waals surface area contributed by atoms with Crippen molar-refractivity contribution in [3.8, 4) is 0 Å². The summed E-state index contributed by atoms with van der Waals surface area (Å²) in [4.78, 5) is 14.1. The summed E-state index contributed by atoms with van der Waals surface area (Å²) in [7, 11) is 0. The first-order chi connectivity index (χ1) is 7.76. The van der Waals surface area contributed by atoms with Crippen LogP contribution in [-0.2, 0) is 9.53 Å². The molecule has 17 heavy (non-hydrogen) atoms. The monoisotopic (exact) mass is 242 g/mol. The number of morpholine rings is 1. The fourth-order valence-electron chi connectivity index (χ4n) is 2.33. The quantitative estimate of drug-likeness (QED) is 0.813. The van der Waals surface area contributed by atoms with Crippen molar-refractivity contribution < 1.29 is 9.53 Å². The maximum Gasteiger partial charge on any atom is 0.239 e. The Balaban J connectivity index is 2.69. The molecular weight excluding hydrogens is 216 g/mol. The lowest BCUT2D eigenvalue weighted by Crippen LogP contribution is -2.58. The molecule has 1 amide bonds. The summed E-state index contributed by atoms with van der Waals surface area (Å²) in [5.41, 5.74) is 5.73. The first kappa shape index (κ1) is 14.5. The molecule has 0 radical (unpaired) electrons. The number of amides is 1. The van der Waals surface area contributed by atoms with Crippen molar-refractivity contribution in [2.24, 2.45) is 11.7 Å². The number of nitrogens with two attached hydrogens (primary N) is 1. The van der Waals surface area contributed by atoms with E-state index in [2.05, 4.69) is 6.92 Å². The van der Waals surface area contributed by atoms with E-state index in [1.807, 2.05) is 32.6 Å². The zero-order valence-electron chi connectivity index (χ0n) is 11.7. The molecule has 3 atom stereocenters. The second kappa shape index (κ2) is 5.36. The Kier molecular flexibility index (Phi) is 4.55. The lowest BCUT2D eigenvalue weighted by Gasteiger charge is -2.42. The van der Waals surface area contributed by atoms with Gasteiger partial charge in [-0.2, -0.15) is 0 Å². The molecule has 1 fully saturated rings.